The zero-order valence-corrected chi connectivity index (χ0v) is 14.9. The van der Waals surface area contributed by atoms with Crippen molar-refractivity contribution in [2.24, 2.45) is 0 Å². The minimum atomic E-state index is 0.138. The Kier molecular flexibility index (Phi) is 4.61. The van der Waals surface area contributed by atoms with Crippen LogP contribution < -0.4 is 9.47 Å². The summed E-state index contributed by atoms with van der Waals surface area (Å²) in [6, 6.07) is 22.0. The zero-order chi connectivity index (χ0) is 17.9. The molecule has 26 heavy (non-hydrogen) atoms. The second kappa shape index (κ2) is 7.20. The summed E-state index contributed by atoms with van der Waals surface area (Å²) in [6.45, 7) is 0. The van der Waals surface area contributed by atoms with E-state index in [2.05, 4.69) is 9.97 Å². The average molecular weight is 383 g/mol. The van der Waals surface area contributed by atoms with Crippen LogP contribution in [0.1, 0.15) is 0 Å². The molecule has 128 valence electrons. The number of rotatable bonds is 4. The number of para-hydroxylation sites is 3. The third-order valence-corrected chi connectivity index (χ3v) is 4.25. The van der Waals surface area contributed by atoms with Crippen LogP contribution in [-0.4, -0.2) is 9.97 Å². The fourth-order valence-electron chi connectivity index (χ4n) is 2.41. The lowest BCUT2D eigenvalue weighted by atomic mass is 10.2. The minimum absolute atomic E-state index is 0.138. The molecule has 0 spiro atoms. The fourth-order valence-corrected chi connectivity index (χ4v) is 2.76. The summed E-state index contributed by atoms with van der Waals surface area (Å²) in [7, 11) is 0. The van der Waals surface area contributed by atoms with Gasteiger partial charge in [-0.3, -0.25) is 0 Å². The van der Waals surface area contributed by atoms with Crippen molar-refractivity contribution in [3.05, 3.63) is 82.8 Å². The van der Waals surface area contributed by atoms with Crippen LogP contribution in [0.2, 0.25) is 10.0 Å². The van der Waals surface area contributed by atoms with E-state index in [0.717, 1.165) is 5.39 Å². The van der Waals surface area contributed by atoms with Crippen LogP contribution in [0.15, 0.2) is 72.8 Å². The van der Waals surface area contributed by atoms with Crippen molar-refractivity contribution in [1.29, 1.82) is 0 Å². The molecule has 0 bridgehead atoms. The lowest BCUT2D eigenvalue weighted by Gasteiger charge is -2.11. The second-order valence-electron chi connectivity index (χ2n) is 5.39. The van der Waals surface area contributed by atoms with Gasteiger partial charge < -0.3 is 9.47 Å². The van der Waals surface area contributed by atoms with Gasteiger partial charge in [0, 0.05) is 0 Å². The number of hydrogen-bond donors (Lipinski definition) is 0. The fraction of sp³-hybridized carbons (Fsp3) is 0. The Labute approximate surface area is 160 Å². The predicted octanol–water partition coefficient (Wildman–Crippen LogP) is 6.52. The van der Waals surface area contributed by atoms with Gasteiger partial charge in [-0.1, -0.05) is 59.6 Å². The minimum Gasteiger partial charge on any atom is -0.437 e. The Morgan fingerprint density at radius 1 is 0.615 bits per heavy atom. The molecule has 4 rings (SSSR count). The molecule has 0 N–H and O–H groups in total. The van der Waals surface area contributed by atoms with E-state index in [9.17, 15) is 0 Å². The highest BCUT2D eigenvalue weighted by molar-refractivity contribution is 6.32. The zero-order valence-electron chi connectivity index (χ0n) is 13.4. The first-order chi connectivity index (χ1) is 12.7. The molecule has 0 aliphatic rings. The van der Waals surface area contributed by atoms with Gasteiger partial charge in [-0.25, -0.2) is 0 Å². The highest BCUT2D eigenvalue weighted by atomic mass is 35.5. The highest BCUT2D eigenvalue weighted by Crippen LogP contribution is 2.34. The van der Waals surface area contributed by atoms with E-state index in [1.165, 1.54) is 0 Å². The Balaban J connectivity index is 1.78. The van der Waals surface area contributed by atoms with Crippen molar-refractivity contribution in [3.63, 3.8) is 0 Å². The van der Waals surface area contributed by atoms with Gasteiger partial charge in [0.15, 0.2) is 0 Å². The van der Waals surface area contributed by atoms with Crippen LogP contribution in [0.3, 0.4) is 0 Å². The Morgan fingerprint density at radius 3 is 1.88 bits per heavy atom. The van der Waals surface area contributed by atoms with Gasteiger partial charge in [0.1, 0.15) is 11.5 Å². The van der Waals surface area contributed by atoms with Gasteiger partial charge in [0.25, 0.3) is 0 Å². The molecular formula is C20H12Cl2N2O2. The van der Waals surface area contributed by atoms with Crippen LogP contribution in [0.4, 0.5) is 0 Å². The van der Waals surface area contributed by atoms with Gasteiger partial charge in [-0.05, 0) is 36.4 Å². The molecule has 0 unspecified atom stereocenters. The van der Waals surface area contributed by atoms with Crippen LogP contribution in [0.5, 0.6) is 23.4 Å². The summed E-state index contributed by atoms with van der Waals surface area (Å²) in [4.78, 5) is 8.83. The van der Waals surface area contributed by atoms with E-state index in [0.29, 0.717) is 32.9 Å². The van der Waals surface area contributed by atoms with Crippen LogP contribution in [-0.2, 0) is 0 Å². The smallest absolute Gasteiger partial charge is 0.325 e. The van der Waals surface area contributed by atoms with Crippen LogP contribution in [0.25, 0.3) is 10.9 Å². The largest absolute Gasteiger partial charge is 0.437 e. The molecular weight excluding hydrogens is 371 g/mol. The van der Waals surface area contributed by atoms with E-state index >= 15 is 0 Å². The summed E-state index contributed by atoms with van der Waals surface area (Å²) < 4.78 is 11.7. The van der Waals surface area contributed by atoms with E-state index in [4.69, 9.17) is 32.7 Å². The molecule has 0 fully saturated rings. The third-order valence-electron chi connectivity index (χ3n) is 3.63. The van der Waals surface area contributed by atoms with Crippen molar-refractivity contribution < 1.29 is 9.47 Å². The molecule has 1 heterocycles. The molecule has 0 atom stereocenters. The maximum atomic E-state index is 6.20. The first-order valence-electron chi connectivity index (χ1n) is 7.82. The van der Waals surface area contributed by atoms with Gasteiger partial charge in [0.05, 0.1) is 20.9 Å². The van der Waals surface area contributed by atoms with Crippen molar-refractivity contribution in [2.75, 3.05) is 0 Å². The molecule has 0 aliphatic carbocycles. The maximum absolute atomic E-state index is 6.20. The van der Waals surface area contributed by atoms with Crippen LogP contribution in [0, 0.1) is 0 Å². The molecule has 4 aromatic rings. The summed E-state index contributed by atoms with van der Waals surface area (Å²) in [6.07, 6.45) is 0. The number of halogens is 2. The summed E-state index contributed by atoms with van der Waals surface area (Å²) >= 11 is 12.4. The number of benzene rings is 3. The molecule has 3 aromatic carbocycles. The molecule has 0 amide bonds. The summed E-state index contributed by atoms with van der Waals surface area (Å²) in [5.41, 5.74) is 0.687. The number of hydrogen-bond acceptors (Lipinski definition) is 4. The van der Waals surface area contributed by atoms with Crippen molar-refractivity contribution in [1.82, 2.24) is 9.97 Å². The standard InChI is InChI=1S/C20H12Cl2N2O2/c21-14-8-2-5-11-17(14)25-19-13-7-1-4-10-16(13)23-20(24-19)26-18-12-6-3-9-15(18)22/h1-12H. The molecule has 6 heteroatoms. The molecule has 0 saturated carbocycles. The predicted molar refractivity (Wildman–Crippen MR) is 103 cm³/mol. The van der Waals surface area contributed by atoms with Crippen molar-refractivity contribution in [3.8, 4) is 23.4 Å². The SMILES string of the molecule is Clc1ccccc1Oc1nc(Oc2ccccc2Cl)c2ccccc2n1. The van der Waals surface area contributed by atoms with E-state index < -0.39 is 0 Å². The lowest BCUT2D eigenvalue weighted by Crippen LogP contribution is -1.97. The monoisotopic (exact) mass is 382 g/mol. The normalized spacial score (nSPS) is 10.7. The molecule has 1 aromatic heterocycles. The number of fused-ring (bicyclic) bond motifs is 1. The Hall–Kier alpha value is -2.82. The van der Waals surface area contributed by atoms with Gasteiger partial charge >= 0.3 is 6.01 Å². The lowest BCUT2D eigenvalue weighted by molar-refractivity contribution is 0.417. The third kappa shape index (κ3) is 3.43. The van der Waals surface area contributed by atoms with Crippen molar-refractivity contribution >= 4 is 34.1 Å². The van der Waals surface area contributed by atoms with E-state index in [1.807, 2.05) is 48.5 Å². The molecule has 0 aliphatic heterocycles. The van der Waals surface area contributed by atoms with Crippen LogP contribution >= 0.6 is 23.2 Å². The van der Waals surface area contributed by atoms with Crippen molar-refractivity contribution in [2.45, 2.75) is 0 Å². The van der Waals surface area contributed by atoms with E-state index in [1.54, 1.807) is 24.3 Å². The summed E-state index contributed by atoms with van der Waals surface area (Å²) in [5, 5.41) is 1.71. The van der Waals surface area contributed by atoms with Gasteiger partial charge in [-0.15, -0.1) is 0 Å². The maximum Gasteiger partial charge on any atom is 0.325 e. The molecule has 0 radical (unpaired) electrons. The van der Waals surface area contributed by atoms with Gasteiger partial charge in [-0.2, -0.15) is 9.97 Å². The molecule has 0 saturated heterocycles. The van der Waals surface area contributed by atoms with E-state index in [-0.39, 0.29) is 6.01 Å². The quantitative estimate of drug-likeness (QED) is 0.402. The average Bonchev–Trinajstić information content (AvgIpc) is 2.65. The Morgan fingerprint density at radius 2 is 1.19 bits per heavy atom. The topological polar surface area (TPSA) is 44.2 Å². The first kappa shape index (κ1) is 16.6. The first-order valence-corrected chi connectivity index (χ1v) is 8.58. The number of ether oxygens (including phenoxy) is 2. The molecule has 4 nitrogen and oxygen atoms in total. The number of aromatic nitrogens is 2. The highest BCUT2D eigenvalue weighted by Gasteiger charge is 2.13. The number of nitrogens with zero attached hydrogens (tertiary/aromatic N) is 2. The summed E-state index contributed by atoms with van der Waals surface area (Å²) in [5.74, 6) is 1.32. The second-order valence-corrected chi connectivity index (χ2v) is 6.21. The Bertz CT molecular complexity index is 1090. The van der Waals surface area contributed by atoms with Gasteiger partial charge in [0.2, 0.25) is 5.88 Å².